The first-order valence-electron chi connectivity index (χ1n) is 11.7. The maximum atomic E-state index is 13.1. The van der Waals surface area contributed by atoms with Gasteiger partial charge < -0.3 is 14.9 Å². The number of rotatable bonds is 10. The van der Waals surface area contributed by atoms with Gasteiger partial charge in [-0.3, -0.25) is 19.6 Å². The lowest BCUT2D eigenvalue weighted by Gasteiger charge is -2.29. The number of nitrogens with zero attached hydrogens (tertiary/aromatic N) is 2. The number of piperidine rings is 1. The molecule has 0 radical (unpaired) electrons. The van der Waals surface area contributed by atoms with Crippen molar-refractivity contribution in [1.82, 2.24) is 5.48 Å². The molecular weight excluding hydrogens is 454 g/mol. The summed E-state index contributed by atoms with van der Waals surface area (Å²) < 4.78 is 0. The lowest BCUT2D eigenvalue weighted by Crippen LogP contribution is -2.32. The molecular formula is C25H35N3O5S. The first-order chi connectivity index (χ1) is 16.4. The van der Waals surface area contributed by atoms with Crippen LogP contribution in [0.15, 0.2) is 41.8 Å². The van der Waals surface area contributed by atoms with Crippen molar-refractivity contribution >= 4 is 40.5 Å². The van der Waals surface area contributed by atoms with Crippen LogP contribution in [-0.2, 0) is 9.59 Å². The summed E-state index contributed by atoms with van der Waals surface area (Å²) in [7, 11) is 0. The Kier molecular flexibility index (Phi) is 12.1. The molecule has 3 rings (SSSR count). The van der Waals surface area contributed by atoms with Gasteiger partial charge in [0.2, 0.25) is 5.91 Å². The van der Waals surface area contributed by atoms with Crippen LogP contribution in [-0.4, -0.2) is 47.7 Å². The number of anilines is 2. The SMILES string of the molecule is CC(=O)O.O=C(CCCCCCN(C(=O)c1cccs1)c1ccc(N2CCCCC2)cc1)NO. The zero-order chi connectivity index (χ0) is 24.8. The molecule has 8 nitrogen and oxygen atoms in total. The topological polar surface area (TPSA) is 110 Å². The van der Waals surface area contributed by atoms with Crippen LogP contribution in [0.4, 0.5) is 11.4 Å². The summed E-state index contributed by atoms with van der Waals surface area (Å²) >= 11 is 1.47. The van der Waals surface area contributed by atoms with Crippen molar-refractivity contribution in [2.75, 3.05) is 29.4 Å². The minimum atomic E-state index is -0.833. The number of carbonyl (C=O) groups is 3. The number of hydroxylamine groups is 1. The van der Waals surface area contributed by atoms with Crippen molar-refractivity contribution in [2.24, 2.45) is 0 Å². The molecule has 186 valence electrons. The van der Waals surface area contributed by atoms with Gasteiger partial charge in [-0.15, -0.1) is 11.3 Å². The Morgan fingerprint density at radius 3 is 2.24 bits per heavy atom. The predicted octanol–water partition coefficient (Wildman–Crippen LogP) is 4.93. The van der Waals surface area contributed by atoms with Crippen LogP contribution in [0.25, 0.3) is 0 Å². The average molecular weight is 490 g/mol. The maximum Gasteiger partial charge on any atom is 0.300 e. The lowest BCUT2D eigenvalue weighted by molar-refractivity contribution is -0.134. The van der Waals surface area contributed by atoms with E-state index in [-0.39, 0.29) is 11.8 Å². The van der Waals surface area contributed by atoms with E-state index in [2.05, 4.69) is 29.2 Å². The molecule has 0 unspecified atom stereocenters. The van der Waals surface area contributed by atoms with E-state index in [1.165, 1.54) is 36.3 Å². The number of hydrogen-bond acceptors (Lipinski definition) is 6. The van der Waals surface area contributed by atoms with Crippen LogP contribution < -0.4 is 15.3 Å². The van der Waals surface area contributed by atoms with Crippen molar-refractivity contribution in [1.29, 1.82) is 0 Å². The summed E-state index contributed by atoms with van der Waals surface area (Å²) in [5, 5.41) is 17.9. The average Bonchev–Trinajstić information content (AvgIpc) is 3.38. The van der Waals surface area contributed by atoms with Crippen molar-refractivity contribution in [2.45, 2.75) is 58.3 Å². The molecule has 3 N–H and O–H groups in total. The summed E-state index contributed by atoms with van der Waals surface area (Å²) in [6, 6.07) is 12.1. The Balaban J connectivity index is 0.000000945. The zero-order valence-electron chi connectivity index (χ0n) is 19.7. The Labute approximate surface area is 205 Å². The molecule has 34 heavy (non-hydrogen) atoms. The highest BCUT2D eigenvalue weighted by Gasteiger charge is 2.19. The minimum absolute atomic E-state index is 0.0374. The summed E-state index contributed by atoms with van der Waals surface area (Å²) in [6.07, 6.45) is 7.53. The highest BCUT2D eigenvalue weighted by atomic mass is 32.1. The summed E-state index contributed by atoms with van der Waals surface area (Å²) in [4.78, 5) is 38.2. The zero-order valence-corrected chi connectivity index (χ0v) is 20.6. The largest absolute Gasteiger partial charge is 0.481 e. The summed E-state index contributed by atoms with van der Waals surface area (Å²) in [5.41, 5.74) is 3.81. The minimum Gasteiger partial charge on any atom is -0.481 e. The third-order valence-corrected chi connectivity index (χ3v) is 6.38. The second-order valence-electron chi connectivity index (χ2n) is 8.22. The molecule has 0 aliphatic carbocycles. The van der Waals surface area contributed by atoms with Gasteiger partial charge in [-0.25, -0.2) is 5.48 Å². The van der Waals surface area contributed by atoms with E-state index in [4.69, 9.17) is 15.1 Å². The van der Waals surface area contributed by atoms with Gasteiger partial charge in [0.25, 0.3) is 11.9 Å². The van der Waals surface area contributed by atoms with E-state index in [1.54, 1.807) is 5.48 Å². The number of nitrogens with one attached hydrogen (secondary N) is 1. The smallest absolute Gasteiger partial charge is 0.300 e. The molecule has 9 heteroatoms. The van der Waals surface area contributed by atoms with E-state index in [0.29, 0.717) is 13.0 Å². The van der Waals surface area contributed by atoms with Crippen LogP contribution in [0.3, 0.4) is 0 Å². The van der Waals surface area contributed by atoms with Crippen LogP contribution in [0.1, 0.15) is 68.0 Å². The van der Waals surface area contributed by atoms with E-state index < -0.39 is 5.97 Å². The standard InChI is InChI=1S/C23H31N3O3S.C2H4O2/c27-22(24-29)10-4-1-2-7-17-26(23(28)21-9-8-18-30-21)20-13-11-19(12-14-20)25-15-5-3-6-16-25;1-2(3)4/h8-9,11-14,18,29H,1-7,10,15-17H2,(H,24,27);1H3,(H,3,4). The molecule has 1 aliphatic rings. The van der Waals surface area contributed by atoms with Crippen molar-refractivity contribution in [3.05, 3.63) is 46.7 Å². The van der Waals surface area contributed by atoms with E-state index >= 15 is 0 Å². The molecule has 1 aliphatic heterocycles. The van der Waals surface area contributed by atoms with Crippen molar-refractivity contribution in [3.63, 3.8) is 0 Å². The first-order valence-corrected chi connectivity index (χ1v) is 12.6. The highest BCUT2D eigenvalue weighted by Crippen LogP contribution is 2.26. The van der Waals surface area contributed by atoms with Crippen molar-refractivity contribution < 1.29 is 24.7 Å². The number of benzene rings is 1. The number of carboxylic acid groups (broad SMARTS) is 1. The fourth-order valence-corrected chi connectivity index (χ4v) is 4.51. The molecule has 0 saturated carbocycles. The normalized spacial score (nSPS) is 12.9. The quantitative estimate of drug-likeness (QED) is 0.248. The number of amides is 2. The Morgan fingerprint density at radius 1 is 1.00 bits per heavy atom. The summed E-state index contributed by atoms with van der Waals surface area (Å²) in [6.45, 7) is 3.93. The van der Waals surface area contributed by atoms with Gasteiger partial charge >= 0.3 is 0 Å². The highest BCUT2D eigenvalue weighted by molar-refractivity contribution is 7.12. The second kappa shape index (κ2) is 15.1. The number of hydrogen-bond donors (Lipinski definition) is 3. The lowest BCUT2D eigenvalue weighted by atomic mass is 10.1. The van der Waals surface area contributed by atoms with Gasteiger partial charge in [-0.2, -0.15) is 0 Å². The number of unbranched alkanes of at least 4 members (excludes halogenated alkanes) is 3. The van der Waals surface area contributed by atoms with Crippen LogP contribution in [0.5, 0.6) is 0 Å². The fourth-order valence-electron chi connectivity index (χ4n) is 3.84. The molecule has 0 atom stereocenters. The van der Waals surface area contributed by atoms with Crippen LogP contribution >= 0.6 is 11.3 Å². The number of aliphatic carboxylic acids is 1. The molecule has 0 bridgehead atoms. The van der Waals surface area contributed by atoms with Gasteiger partial charge in [-0.05, 0) is 67.8 Å². The molecule has 2 amide bonds. The molecule has 0 spiro atoms. The Hall–Kier alpha value is -2.91. The predicted molar refractivity (Wildman–Crippen MR) is 135 cm³/mol. The van der Waals surface area contributed by atoms with Gasteiger partial charge in [0.1, 0.15) is 0 Å². The third-order valence-electron chi connectivity index (χ3n) is 5.52. The van der Waals surface area contributed by atoms with Crippen LogP contribution in [0, 0.1) is 0 Å². The van der Waals surface area contributed by atoms with Gasteiger partial charge in [0.15, 0.2) is 0 Å². The second-order valence-corrected chi connectivity index (χ2v) is 9.16. The summed E-state index contributed by atoms with van der Waals surface area (Å²) in [5.74, 6) is -1.14. The van der Waals surface area contributed by atoms with E-state index in [9.17, 15) is 9.59 Å². The first kappa shape index (κ1) is 27.3. The number of carbonyl (C=O) groups excluding carboxylic acids is 2. The molecule has 2 aromatic rings. The molecule has 1 aromatic heterocycles. The number of carboxylic acids is 1. The molecule has 1 aromatic carbocycles. The monoisotopic (exact) mass is 489 g/mol. The van der Waals surface area contributed by atoms with Gasteiger partial charge in [0, 0.05) is 44.4 Å². The van der Waals surface area contributed by atoms with Gasteiger partial charge in [-0.1, -0.05) is 18.9 Å². The van der Waals surface area contributed by atoms with Crippen molar-refractivity contribution in [3.8, 4) is 0 Å². The molecule has 1 fully saturated rings. The fraction of sp³-hybridized carbons (Fsp3) is 0.480. The van der Waals surface area contributed by atoms with E-state index in [1.807, 2.05) is 22.4 Å². The maximum absolute atomic E-state index is 13.1. The third kappa shape index (κ3) is 9.52. The Bertz CT molecular complexity index is 876. The van der Waals surface area contributed by atoms with Crippen LogP contribution in [0.2, 0.25) is 0 Å². The van der Waals surface area contributed by atoms with E-state index in [0.717, 1.165) is 56.3 Å². The Morgan fingerprint density at radius 2 is 1.65 bits per heavy atom. The molecule has 1 saturated heterocycles. The number of thiophene rings is 1. The van der Waals surface area contributed by atoms with Gasteiger partial charge in [0.05, 0.1) is 4.88 Å². The molecule has 2 heterocycles.